The van der Waals surface area contributed by atoms with Gasteiger partial charge in [-0.1, -0.05) is 0 Å². The number of hydrogen-bond acceptors (Lipinski definition) is 3. The summed E-state index contributed by atoms with van der Waals surface area (Å²) in [5.41, 5.74) is 0. The molecule has 2 rings (SSSR count). The Morgan fingerprint density at radius 3 is 2.71 bits per heavy atom. The number of β-amino-alcohol motifs (C(OH)–C–C–N with tert-alkyl or cyclic N) is 1. The predicted molar refractivity (Wildman–Crippen MR) is 63.5 cm³/mol. The van der Waals surface area contributed by atoms with Gasteiger partial charge in [-0.2, -0.15) is 4.31 Å². The van der Waals surface area contributed by atoms with Crippen LogP contribution in [0.1, 0.15) is 6.42 Å². The molecule has 1 fully saturated rings. The SMILES string of the molecule is O=S(=O)(c1ccc(Br)c(F)c1)N1CC[C@@H](O)C1. The zero-order valence-electron chi connectivity index (χ0n) is 8.81. The van der Waals surface area contributed by atoms with E-state index < -0.39 is 21.9 Å². The summed E-state index contributed by atoms with van der Waals surface area (Å²) in [6, 6.07) is 3.67. The minimum atomic E-state index is -3.70. The van der Waals surface area contributed by atoms with Crippen LogP contribution in [0.5, 0.6) is 0 Å². The highest BCUT2D eigenvalue weighted by Crippen LogP contribution is 2.24. The van der Waals surface area contributed by atoms with Crippen LogP contribution in [-0.2, 0) is 10.0 Å². The van der Waals surface area contributed by atoms with Gasteiger partial charge in [0, 0.05) is 13.1 Å². The summed E-state index contributed by atoms with van der Waals surface area (Å²) >= 11 is 2.97. The van der Waals surface area contributed by atoms with Gasteiger partial charge in [0.1, 0.15) is 5.82 Å². The number of nitrogens with zero attached hydrogens (tertiary/aromatic N) is 1. The van der Waals surface area contributed by atoms with E-state index in [1.54, 1.807) is 0 Å². The Labute approximate surface area is 107 Å². The first-order valence-electron chi connectivity index (χ1n) is 5.04. The van der Waals surface area contributed by atoms with Crippen LogP contribution in [0.3, 0.4) is 0 Å². The second-order valence-corrected chi connectivity index (χ2v) is 6.67. The van der Waals surface area contributed by atoms with Crippen molar-refractivity contribution >= 4 is 26.0 Å². The second-order valence-electron chi connectivity index (χ2n) is 3.88. The largest absolute Gasteiger partial charge is 0.392 e. The maximum atomic E-state index is 13.3. The van der Waals surface area contributed by atoms with Crippen molar-refractivity contribution in [3.05, 3.63) is 28.5 Å². The molecule has 0 unspecified atom stereocenters. The van der Waals surface area contributed by atoms with Gasteiger partial charge in [-0.05, 0) is 40.5 Å². The van der Waals surface area contributed by atoms with Crippen molar-refractivity contribution in [1.82, 2.24) is 4.31 Å². The highest BCUT2D eigenvalue weighted by molar-refractivity contribution is 9.10. The van der Waals surface area contributed by atoms with Crippen molar-refractivity contribution < 1.29 is 17.9 Å². The van der Waals surface area contributed by atoms with Gasteiger partial charge in [-0.3, -0.25) is 0 Å². The molecule has 0 amide bonds. The molecule has 0 bridgehead atoms. The normalized spacial score (nSPS) is 21.9. The molecule has 1 heterocycles. The van der Waals surface area contributed by atoms with E-state index in [2.05, 4.69) is 15.9 Å². The van der Waals surface area contributed by atoms with Crippen molar-refractivity contribution in [3.63, 3.8) is 0 Å². The molecule has 17 heavy (non-hydrogen) atoms. The lowest BCUT2D eigenvalue weighted by atomic mass is 10.3. The Bertz CT molecular complexity index is 534. The molecular formula is C10H11BrFNO3S. The molecule has 0 radical (unpaired) electrons. The van der Waals surface area contributed by atoms with Crippen LogP contribution in [-0.4, -0.2) is 37.0 Å². The van der Waals surface area contributed by atoms with Gasteiger partial charge in [-0.25, -0.2) is 12.8 Å². The first-order chi connectivity index (χ1) is 7.91. The molecule has 0 aliphatic carbocycles. The van der Waals surface area contributed by atoms with E-state index >= 15 is 0 Å². The average molecular weight is 324 g/mol. The Morgan fingerprint density at radius 1 is 1.47 bits per heavy atom. The maximum absolute atomic E-state index is 13.3. The third-order valence-electron chi connectivity index (χ3n) is 2.65. The number of benzene rings is 1. The van der Waals surface area contributed by atoms with Gasteiger partial charge in [0.2, 0.25) is 10.0 Å². The first-order valence-corrected chi connectivity index (χ1v) is 7.28. The molecule has 1 saturated heterocycles. The zero-order chi connectivity index (χ0) is 12.6. The van der Waals surface area contributed by atoms with E-state index in [9.17, 15) is 17.9 Å². The Balaban J connectivity index is 2.35. The number of halogens is 2. The monoisotopic (exact) mass is 323 g/mol. The molecular weight excluding hydrogens is 313 g/mol. The van der Waals surface area contributed by atoms with Gasteiger partial charge in [0.05, 0.1) is 15.5 Å². The van der Waals surface area contributed by atoms with Crippen molar-refractivity contribution in [1.29, 1.82) is 0 Å². The molecule has 1 atom stereocenters. The van der Waals surface area contributed by atoms with E-state index in [-0.39, 0.29) is 22.5 Å². The molecule has 1 aliphatic heterocycles. The molecule has 0 aromatic heterocycles. The summed E-state index contributed by atoms with van der Waals surface area (Å²) in [5.74, 6) is -0.620. The number of sulfonamides is 1. The lowest BCUT2D eigenvalue weighted by molar-refractivity contribution is 0.189. The quantitative estimate of drug-likeness (QED) is 0.893. The Hall–Kier alpha value is -0.500. The van der Waals surface area contributed by atoms with E-state index in [0.717, 1.165) is 6.07 Å². The van der Waals surface area contributed by atoms with E-state index in [1.807, 2.05) is 0 Å². The molecule has 1 aromatic rings. The van der Waals surface area contributed by atoms with Gasteiger partial charge in [-0.15, -0.1) is 0 Å². The van der Waals surface area contributed by atoms with Crippen molar-refractivity contribution in [2.24, 2.45) is 0 Å². The molecule has 7 heteroatoms. The van der Waals surface area contributed by atoms with E-state index in [0.29, 0.717) is 6.42 Å². The lowest BCUT2D eigenvalue weighted by Crippen LogP contribution is -2.29. The smallest absolute Gasteiger partial charge is 0.243 e. The summed E-state index contributed by atoms with van der Waals surface area (Å²) in [6.07, 6.45) is -0.219. The molecule has 0 saturated carbocycles. The highest BCUT2D eigenvalue weighted by atomic mass is 79.9. The third-order valence-corrected chi connectivity index (χ3v) is 5.16. The van der Waals surface area contributed by atoms with Crippen LogP contribution in [0.15, 0.2) is 27.6 Å². The molecule has 1 aromatic carbocycles. The molecule has 94 valence electrons. The van der Waals surface area contributed by atoms with Crippen LogP contribution in [0, 0.1) is 5.82 Å². The predicted octanol–water partition coefficient (Wildman–Crippen LogP) is 1.34. The molecule has 4 nitrogen and oxygen atoms in total. The first kappa shape index (κ1) is 12.9. The van der Waals surface area contributed by atoms with Crippen LogP contribution in [0.25, 0.3) is 0 Å². The molecule has 1 N–H and O–H groups in total. The van der Waals surface area contributed by atoms with Crippen LogP contribution in [0.4, 0.5) is 4.39 Å². The summed E-state index contributed by atoms with van der Waals surface area (Å²) in [6.45, 7) is 0.335. The summed E-state index contributed by atoms with van der Waals surface area (Å²) in [5, 5.41) is 9.32. The Kier molecular flexibility index (Phi) is 3.53. The topological polar surface area (TPSA) is 57.6 Å². The standard InChI is InChI=1S/C10H11BrFNO3S/c11-9-2-1-8(5-10(9)12)17(15,16)13-4-3-7(14)6-13/h1-2,5,7,14H,3-4,6H2/t7-/m1/s1. The average Bonchev–Trinajstić information content (AvgIpc) is 2.69. The zero-order valence-corrected chi connectivity index (χ0v) is 11.2. The van der Waals surface area contributed by atoms with E-state index in [1.165, 1.54) is 16.4 Å². The number of rotatable bonds is 2. The van der Waals surface area contributed by atoms with Crippen molar-refractivity contribution in [3.8, 4) is 0 Å². The fourth-order valence-corrected chi connectivity index (χ4v) is 3.47. The second kappa shape index (κ2) is 4.64. The van der Waals surface area contributed by atoms with Crippen LogP contribution >= 0.6 is 15.9 Å². The lowest BCUT2D eigenvalue weighted by Gasteiger charge is -2.15. The summed E-state index contributed by atoms with van der Waals surface area (Å²) < 4.78 is 38.8. The van der Waals surface area contributed by atoms with Gasteiger partial charge in [0.25, 0.3) is 0 Å². The van der Waals surface area contributed by atoms with Crippen LogP contribution < -0.4 is 0 Å². The van der Waals surface area contributed by atoms with Crippen molar-refractivity contribution in [2.75, 3.05) is 13.1 Å². The number of aliphatic hydroxyl groups excluding tert-OH is 1. The van der Waals surface area contributed by atoms with Gasteiger partial charge < -0.3 is 5.11 Å². The number of aliphatic hydroxyl groups is 1. The summed E-state index contributed by atoms with van der Waals surface area (Å²) in [7, 11) is -3.70. The maximum Gasteiger partial charge on any atom is 0.243 e. The molecule has 1 aliphatic rings. The number of hydrogen-bond donors (Lipinski definition) is 1. The van der Waals surface area contributed by atoms with E-state index in [4.69, 9.17) is 0 Å². The minimum Gasteiger partial charge on any atom is -0.392 e. The summed E-state index contributed by atoms with van der Waals surface area (Å²) in [4.78, 5) is -0.0905. The van der Waals surface area contributed by atoms with Gasteiger partial charge >= 0.3 is 0 Å². The third kappa shape index (κ3) is 2.52. The molecule has 0 spiro atoms. The highest BCUT2D eigenvalue weighted by Gasteiger charge is 2.31. The van der Waals surface area contributed by atoms with Crippen LogP contribution in [0.2, 0.25) is 0 Å². The van der Waals surface area contributed by atoms with Crippen molar-refractivity contribution in [2.45, 2.75) is 17.4 Å². The fraction of sp³-hybridized carbons (Fsp3) is 0.400. The van der Waals surface area contributed by atoms with Gasteiger partial charge in [0.15, 0.2) is 0 Å². The Morgan fingerprint density at radius 2 is 2.18 bits per heavy atom. The minimum absolute atomic E-state index is 0.0695. The fourth-order valence-electron chi connectivity index (χ4n) is 1.72.